The lowest BCUT2D eigenvalue weighted by atomic mass is 10.3. The number of benzene rings is 1. The lowest BCUT2D eigenvalue weighted by molar-refractivity contribution is 0.356. The predicted molar refractivity (Wildman–Crippen MR) is 88.8 cm³/mol. The molecule has 0 fully saturated rings. The van der Waals surface area contributed by atoms with E-state index in [-0.39, 0.29) is 0 Å². The topological polar surface area (TPSA) is 9.23 Å². The molecule has 1 rings (SSSR count). The van der Waals surface area contributed by atoms with Crippen molar-refractivity contribution in [1.82, 2.24) is 0 Å². The predicted octanol–water partition coefficient (Wildman–Crippen LogP) is 6.71. The van der Waals surface area contributed by atoms with E-state index in [2.05, 4.69) is 95.6 Å². The van der Waals surface area contributed by atoms with Gasteiger partial charge in [-0.15, -0.1) is 0 Å². The zero-order chi connectivity index (χ0) is 12.3. The second-order valence-electron chi connectivity index (χ2n) is 2.65. The van der Waals surface area contributed by atoms with Crippen molar-refractivity contribution in [3.8, 4) is 5.75 Å². The van der Waals surface area contributed by atoms with Crippen molar-refractivity contribution < 1.29 is 4.74 Å². The Hall–Kier alpha value is 1.64. The van der Waals surface area contributed by atoms with E-state index in [0.29, 0.717) is 6.61 Å². The van der Waals surface area contributed by atoms with Gasteiger partial charge in [0.1, 0.15) is 12.4 Å². The van der Waals surface area contributed by atoms with E-state index in [1.807, 2.05) is 12.1 Å². The lowest BCUT2D eigenvalue weighted by Crippen LogP contribution is -1.98. The molecule has 0 aliphatic rings. The van der Waals surface area contributed by atoms with Gasteiger partial charge < -0.3 is 4.74 Å². The molecule has 0 radical (unpaired) electrons. The zero-order valence-electron chi connectivity index (χ0n) is 7.54. The average molecular weight is 608 g/mol. The first-order valence-electron chi connectivity index (χ1n) is 3.88. The van der Waals surface area contributed by atoms with Gasteiger partial charge in [-0.1, -0.05) is 31.9 Å². The van der Waals surface area contributed by atoms with Crippen LogP contribution in [0.4, 0.5) is 0 Å². The quantitative estimate of drug-likeness (QED) is 0.372. The maximum atomic E-state index is 5.67. The Labute approximate surface area is 144 Å². The molecule has 0 N–H and O–H groups in total. The molecule has 0 heterocycles. The number of hydrogen-bond donors (Lipinski definition) is 0. The standard InChI is InChI=1S/C9H4Br6O/c10-4-1-5(11)8(6(12)2-4)16-3-7(13)9(14)15/h1-2H,3H2. The molecule has 1 nitrogen and oxygen atoms in total. The molecule has 0 saturated heterocycles. The Kier molecular flexibility index (Phi) is 7.15. The Morgan fingerprint density at radius 2 is 1.50 bits per heavy atom. The van der Waals surface area contributed by atoms with Crippen molar-refractivity contribution in [2.75, 3.05) is 6.61 Å². The van der Waals surface area contributed by atoms with Gasteiger partial charge in [-0.3, -0.25) is 0 Å². The fourth-order valence-corrected chi connectivity index (χ4v) is 3.69. The van der Waals surface area contributed by atoms with Gasteiger partial charge in [0.05, 0.1) is 16.8 Å². The molecule has 0 aromatic heterocycles. The molecule has 0 aliphatic carbocycles. The van der Waals surface area contributed by atoms with Crippen molar-refractivity contribution >= 4 is 95.6 Å². The number of halogens is 6. The van der Waals surface area contributed by atoms with E-state index in [4.69, 9.17) is 4.74 Å². The molecule has 0 atom stereocenters. The van der Waals surface area contributed by atoms with Gasteiger partial charge in [0, 0.05) is 4.47 Å². The van der Waals surface area contributed by atoms with Gasteiger partial charge in [-0.25, -0.2) is 0 Å². The first-order valence-corrected chi connectivity index (χ1v) is 8.64. The van der Waals surface area contributed by atoms with Crippen molar-refractivity contribution in [2.45, 2.75) is 0 Å². The van der Waals surface area contributed by atoms with Gasteiger partial charge >= 0.3 is 0 Å². The van der Waals surface area contributed by atoms with Crippen molar-refractivity contribution in [3.63, 3.8) is 0 Å². The Balaban J connectivity index is 2.87. The van der Waals surface area contributed by atoms with E-state index >= 15 is 0 Å². The van der Waals surface area contributed by atoms with Gasteiger partial charge in [-0.05, 0) is 75.9 Å². The molecule has 16 heavy (non-hydrogen) atoms. The number of ether oxygens (including phenoxy) is 1. The van der Waals surface area contributed by atoms with Crippen LogP contribution in [0.2, 0.25) is 0 Å². The second-order valence-corrected chi connectivity index (χ2v) is 8.88. The largest absolute Gasteiger partial charge is 0.486 e. The molecule has 7 heteroatoms. The SMILES string of the molecule is BrC(Br)=C(Br)COc1c(Br)cc(Br)cc1Br. The fraction of sp³-hybridized carbons (Fsp3) is 0.111. The highest BCUT2D eigenvalue weighted by Crippen LogP contribution is 2.37. The first-order chi connectivity index (χ1) is 7.41. The van der Waals surface area contributed by atoms with Crippen LogP contribution in [-0.2, 0) is 0 Å². The summed E-state index contributed by atoms with van der Waals surface area (Å²) in [5, 5.41) is 0. The van der Waals surface area contributed by atoms with E-state index in [1.54, 1.807) is 0 Å². The summed E-state index contributed by atoms with van der Waals surface area (Å²) in [5.74, 6) is 0.765. The summed E-state index contributed by atoms with van der Waals surface area (Å²) in [5.41, 5.74) is 0. The molecule has 0 bridgehead atoms. The van der Waals surface area contributed by atoms with Gasteiger partial charge in [0.15, 0.2) is 0 Å². The van der Waals surface area contributed by atoms with Crippen molar-refractivity contribution in [2.24, 2.45) is 0 Å². The van der Waals surface area contributed by atoms with Crippen molar-refractivity contribution in [3.05, 3.63) is 33.4 Å². The van der Waals surface area contributed by atoms with Crippen LogP contribution in [0.25, 0.3) is 0 Å². The maximum absolute atomic E-state index is 5.67. The van der Waals surface area contributed by atoms with Gasteiger partial charge in [0.2, 0.25) is 0 Å². The summed E-state index contributed by atoms with van der Waals surface area (Å²) in [6, 6.07) is 3.86. The van der Waals surface area contributed by atoms with Crippen LogP contribution >= 0.6 is 95.6 Å². The first kappa shape index (κ1) is 15.7. The van der Waals surface area contributed by atoms with E-state index in [1.165, 1.54) is 0 Å². The molecule has 0 amide bonds. The summed E-state index contributed by atoms with van der Waals surface area (Å²) >= 11 is 20.3. The molecule has 88 valence electrons. The second kappa shape index (κ2) is 7.28. The van der Waals surface area contributed by atoms with Crippen LogP contribution in [0.1, 0.15) is 0 Å². The van der Waals surface area contributed by atoms with E-state index in [0.717, 1.165) is 27.0 Å². The minimum absolute atomic E-state index is 0.435. The summed E-state index contributed by atoms with van der Waals surface area (Å²) < 4.78 is 10.2. The number of hydrogen-bond acceptors (Lipinski definition) is 1. The van der Waals surface area contributed by atoms with Crippen LogP contribution in [0.15, 0.2) is 33.4 Å². The molecule has 0 unspecified atom stereocenters. The summed E-state index contributed by atoms with van der Waals surface area (Å²) in [6.45, 7) is 0.435. The van der Waals surface area contributed by atoms with Gasteiger partial charge in [-0.2, -0.15) is 0 Å². The average Bonchev–Trinajstić information content (AvgIpc) is 2.15. The van der Waals surface area contributed by atoms with E-state index < -0.39 is 0 Å². The summed E-state index contributed by atoms with van der Waals surface area (Å²) in [7, 11) is 0. The monoisotopic (exact) mass is 602 g/mol. The highest BCUT2D eigenvalue weighted by molar-refractivity contribution is 9.29. The Morgan fingerprint density at radius 3 is 1.94 bits per heavy atom. The fourth-order valence-electron chi connectivity index (χ4n) is 0.857. The Morgan fingerprint density at radius 1 is 1.00 bits per heavy atom. The third kappa shape index (κ3) is 4.72. The van der Waals surface area contributed by atoms with Crippen LogP contribution in [0, 0.1) is 0 Å². The van der Waals surface area contributed by atoms with Crippen LogP contribution in [0.5, 0.6) is 5.75 Å². The van der Waals surface area contributed by atoms with Gasteiger partial charge in [0.25, 0.3) is 0 Å². The maximum Gasteiger partial charge on any atom is 0.148 e. The smallest absolute Gasteiger partial charge is 0.148 e. The number of rotatable bonds is 3. The Bertz CT molecular complexity index is 401. The lowest BCUT2D eigenvalue weighted by Gasteiger charge is -2.10. The summed E-state index contributed by atoms with van der Waals surface area (Å²) in [4.78, 5) is 0. The normalized spacial score (nSPS) is 10.1. The minimum Gasteiger partial charge on any atom is -0.486 e. The highest BCUT2D eigenvalue weighted by atomic mass is 79.9. The third-order valence-corrected chi connectivity index (χ3v) is 5.79. The molecule has 0 aliphatic heterocycles. The van der Waals surface area contributed by atoms with Crippen molar-refractivity contribution in [1.29, 1.82) is 0 Å². The highest BCUT2D eigenvalue weighted by Gasteiger charge is 2.09. The third-order valence-electron chi connectivity index (χ3n) is 1.51. The molecule has 1 aromatic rings. The molecule has 0 saturated carbocycles. The minimum atomic E-state index is 0.435. The van der Waals surface area contributed by atoms with E-state index in [9.17, 15) is 0 Å². The van der Waals surface area contributed by atoms with Crippen LogP contribution < -0.4 is 4.74 Å². The van der Waals surface area contributed by atoms with Crippen LogP contribution in [0.3, 0.4) is 0 Å². The zero-order valence-corrected chi connectivity index (χ0v) is 17.1. The van der Waals surface area contributed by atoms with Crippen LogP contribution in [-0.4, -0.2) is 6.61 Å². The summed E-state index contributed by atoms with van der Waals surface area (Å²) in [6.07, 6.45) is 0. The molecular weight excluding hydrogens is 604 g/mol. The molecule has 1 aromatic carbocycles. The molecule has 0 spiro atoms. The molecular formula is C9H4Br6O.